The van der Waals surface area contributed by atoms with Crippen molar-refractivity contribution in [1.29, 1.82) is 0 Å². The van der Waals surface area contributed by atoms with Crippen LogP contribution in [0.1, 0.15) is 28.4 Å². The molecule has 2 aromatic carbocycles. The van der Waals surface area contributed by atoms with Gasteiger partial charge in [0, 0.05) is 25.1 Å². The van der Waals surface area contributed by atoms with Gasteiger partial charge in [-0.3, -0.25) is 9.69 Å². The lowest BCUT2D eigenvalue weighted by atomic mass is 9.85. The van der Waals surface area contributed by atoms with Crippen LogP contribution in [0.25, 0.3) is 0 Å². The Balaban J connectivity index is 1.61. The highest BCUT2D eigenvalue weighted by molar-refractivity contribution is 7.99. The summed E-state index contributed by atoms with van der Waals surface area (Å²) in [5.41, 5.74) is 9.87. The number of cyclic esters (lactones) is 1. The van der Waals surface area contributed by atoms with Gasteiger partial charge in [0.05, 0.1) is 57.4 Å². The van der Waals surface area contributed by atoms with Crippen molar-refractivity contribution >= 4 is 23.8 Å². The van der Waals surface area contributed by atoms with Gasteiger partial charge >= 0.3 is 12.1 Å². The lowest BCUT2D eigenvalue weighted by Crippen LogP contribution is -2.43. The van der Waals surface area contributed by atoms with Gasteiger partial charge in [-0.25, -0.2) is 9.78 Å². The summed E-state index contributed by atoms with van der Waals surface area (Å²) in [4.78, 5) is 32.4. The molecule has 0 spiro atoms. The van der Waals surface area contributed by atoms with Gasteiger partial charge in [-0.1, -0.05) is 23.9 Å². The fourth-order valence-electron chi connectivity index (χ4n) is 5.54. The molecule has 0 saturated carbocycles. The lowest BCUT2D eigenvalue weighted by Gasteiger charge is -2.39. The second-order valence-corrected chi connectivity index (χ2v) is 11.0. The molecule has 2 aliphatic rings. The normalized spacial score (nSPS) is 18.3. The minimum atomic E-state index is -0.828. The molecule has 0 radical (unpaired) electrons. The van der Waals surface area contributed by atoms with E-state index in [1.807, 2.05) is 46.8 Å². The molecule has 0 bridgehead atoms. The van der Waals surface area contributed by atoms with E-state index in [0.717, 1.165) is 33.0 Å². The van der Waals surface area contributed by atoms with Crippen molar-refractivity contribution in [3.63, 3.8) is 0 Å². The molecule has 218 valence electrons. The van der Waals surface area contributed by atoms with E-state index in [2.05, 4.69) is 4.98 Å². The summed E-state index contributed by atoms with van der Waals surface area (Å²) in [6, 6.07) is 8.37. The van der Waals surface area contributed by atoms with Crippen molar-refractivity contribution in [2.45, 2.75) is 47.3 Å². The van der Waals surface area contributed by atoms with E-state index in [0.29, 0.717) is 36.0 Å². The van der Waals surface area contributed by atoms with Crippen LogP contribution in [0.4, 0.5) is 4.79 Å². The fraction of sp³-hybridized carbons (Fsp3) is 0.414. The summed E-state index contributed by atoms with van der Waals surface area (Å²) in [6.45, 7) is 0.295. The van der Waals surface area contributed by atoms with Crippen LogP contribution in [-0.4, -0.2) is 73.6 Å². The highest BCUT2D eigenvalue weighted by Crippen LogP contribution is 2.51. The fourth-order valence-corrected chi connectivity index (χ4v) is 6.74. The predicted octanol–water partition coefficient (Wildman–Crippen LogP) is 3.30. The number of nitrogens with zero attached hydrogens (tertiary/aromatic N) is 3. The van der Waals surface area contributed by atoms with Gasteiger partial charge in [0.25, 0.3) is 0 Å². The van der Waals surface area contributed by atoms with E-state index < -0.39 is 12.0 Å². The molecule has 2 aliphatic heterocycles. The van der Waals surface area contributed by atoms with Crippen LogP contribution in [0, 0.1) is 0 Å². The average molecular weight is 583 g/mol. The first-order valence-electron chi connectivity index (χ1n) is 13.2. The molecule has 1 amide bonds. The smallest absolute Gasteiger partial charge is 0.410 e. The third-order valence-electron chi connectivity index (χ3n) is 7.63. The van der Waals surface area contributed by atoms with Gasteiger partial charge in [0.15, 0.2) is 0 Å². The topological polar surface area (TPSA) is 127 Å². The number of carbonyl (C=O) groups excluding carboxylic acids is 2. The van der Waals surface area contributed by atoms with Crippen LogP contribution in [0.3, 0.4) is 0 Å². The SMILES string of the molecule is COC(=O)[C@@H](N)Cc1c(Sc2c(OC)cc(OC)c3c2C[C@@H]2COC(=O)N2[C@@H]3Cc2ccc(OC)cc2)ncn1C. The van der Waals surface area contributed by atoms with Gasteiger partial charge in [0.1, 0.15) is 34.9 Å². The Hall–Kier alpha value is -3.90. The van der Waals surface area contributed by atoms with Gasteiger partial charge in [0.2, 0.25) is 0 Å². The summed E-state index contributed by atoms with van der Waals surface area (Å²) in [7, 11) is 8.04. The zero-order valence-electron chi connectivity index (χ0n) is 23.7. The number of esters is 1. The number of methoxy groups -OCH3 is 4. The van der Waals surface area contributed by atoms with E-state index in [1.165, 1.54) is 18.9 Å². The van der Waals surface area contributed by atoms with Gasteiger partial charge in [-0.15, -0.1) is 0 Å². The second-order valence-electron chi connectivity index (χ2n) is 9.96. The molecule has 1 aromatic heterocycles. The Labute approximate surface area is 242 Å². The number of amides is 1. The molecule has 11 nitrogen and oxygen atoms in total. The number of nitrogens with two attached hydrogens (primary N) is 1. The molecule has 2 N–H and O–H groups in total. The number of carbonyl (C=O) groups is 2. The average Bonchev–Trinajstić information content (AvgIpc) is 3.54. The van der Waals surface area contributed by atoms with Crippen LogP contribution in [0.2, 0.25) is 0 Å². The molecular formula is C29H34N4O7S. The maximum Gasteiger partial charge on any atom is 0.410 e. The largest absolute Gasteiger partial charge is 0.497 e. The maximum atomic E-state index is 13.0. The van der Waals surface area contributed by atoms with E-state index in [1.54, 1.807) is 27.7 Å². The summed E-state index contributed by atoms with van der Waals surface area (Å²) in [5.74, 6) is 1.53. The van der Waals surface area contributed by atoms with Gasteiger partial charge in [-0.2, -0.15) is 0 Å². The number of hydrogen-bond acceptors (Lipinski definition) is 10. The zero-order valence-corrected chi connectivity index (χ0v) is 24.5. The summed E-state index contributed by atoms with van der Waals surface area (Å²) < 4.78 is 29.3. The summed E-state index contributed by atoms with van der Waals surface area (Å²) in [6.07, 6.45) is 2.72. The highest BCUT2D eigenvalue weighted by atomic mass is 32.2. The Morgan fingerprint density at radius 3 is 2.54 bits per heavy atom. The van der Waals surface area contributed by atoms with Crippen molar-refractivity contribution < 1.29 is 33.3 Å². The molecular weight excluding hydrogens is 548 g/mol. The Bertz CT molecular complexity index is 1440. The highest BCUT2D eigenvalue weighted by Gasteiger charge is 2.46. The van der Waals surface area contributed by atoms with Gasteiger partial charge < -0.3 is 34.0 Å². The number of rotatable bonds is 10. The van der Waals surface area contributed by atoms with E-state index >= 15 is 0 Å². The first-order chi connectivity index (χ1) is 19.8. The molecule has 3 aromatic rings. The number of fused-ring (bicyclic) bond motifs is 2. The number of ether oxygens (including phenoxy) is 5. The molecule has 1 fully saturated rings. The van der Waals surface area contributed by atoms with Crippen LogP contribution < -0.4 is 19.9 Å². The number of benzene rings is 2. The van der Waals surface area contributed by atoms with Crippen LogP contribution in [0.5, 0.6) is 17.2 Å². The third kappa shape index (κ3) is 5.41. The number of imidazole rings is 1. The van der Waals surface area contributed by atoms with Crippen LogP contribution in [0.15, 0.2) is 46.6 Å². The Morgan fingerprint density at radius 2 is 1.88 bits per heavy atom. The van der Waals surface area contributed by atoms with Crippen LogP contribution >= 0.6 is 11.8 Å². The molecule has 12 heteroatoms. The maximum absolute atomic E-state index is 13.0. The third-order valence-corrected chi connectivity index (χ3v) is 8.81. The van der Waals surface area contributed by atoms with Gasteiger partial charge in [-0.05, 0) is 36.1 Å². The van der Waals surface area contributed by atoms with E-state index in [9.17, 15) is 9.59 Å². The van der Waals surface area contributed by atoms with E-state index in [-0.39, 0.29) is 24.6 Å². The molecule has 0 unspecified atom stereocenters. The number of aromatic nitrogens is 2. The molecule has 5 rings (SSSR count). The van der Waals surface area contributed by atoms with Crippen molar-refractivity contribution in [2.75, 3.05) is 35.0 Å². The minimum absolute atomic E-state index is 0.148. The van der Waals surface area contributed by atoms with Crippen LogP contribution in [-0.2, 0) is 40.6 Å². The molecule has 3 atom stereocenters. The molecule has 3 heterocycles. The first kappa shape index (κ1) is 28.6. The Kier molecular flexibility index (Phi) is 8.32. The lowest BCUT2D eigenvalue weighted by molar-refractivity contribution is -0.142. The summed E-state index contributed by atoms with van der Waals surface area (Å²) >= 11 is 1.45. The molecule has 0 aliphatic carbocycles. The van der Waals surface area contributed by atoms with Crippen molar-refractivity contribution in [3.05, 3.63) is 59.0 Å². The van der Waals surface area contributed by atoms with Crippen molar-refractivity contribution in [2.24, 2.45) is 12.8 Å². The van der Waals surface area contributed by atoms with E-state index in [4.69, 9.17) is 29.4 Å². The number of hydrogen-bond donors (Lipinski definition) is 1. The predicted molar refractivity (Wildman–Crippen MR) is 151 cm³/mol. The second kappa shape index (κ2) is 11.9. The molecule has 41 heavy (non-hydrogen) atoms. The quantitative estimate of drug-likeness (QED) is 0.356. The monoisotopic (exact) mass is 582 g/mol. The standard InChI is InChI=1S/C29H34N4O7S/c1-32-15-31-27(22(32)12-20(30)28(34)39-5)41-26-19-11-17-14-40-29(35)33(17)21(10-16-6-8-18(36-2)9-7-16)25(19)23(37-3)13-24(26)38-4/h6-9,13,15,17,20-21H,10-12,14,30H2,1-5H3/t17-,20+,21-/m1/s1. The van der Waals surface area contributed by atoms with Crippen molar-refractivity contribution in [3.8, 4) is 17.2 Å². The summed E-state index contributed by atoms with van der Waals surface area (Å²) in [5, 5.41) is 0.699. The molecule has 1 saturated heterocycles. The zero-order chi connectivity index (χ0) is 29.3. The first-order valence-corrected chi connectivity index (χ1v) is 14.0. The Morgan fingerprint density at radius 1 is 1.15 bits per heavy atom. The van der Waals surface area contributed by atoms with Crippen molar-refractivity contribution in [1.82, 2.24) is 14.5 Å². The minimum Gasteiger partial charge on any atom is -0.497 e. The number of aryl methyl sites for hydroxylation is 1.